The van der Waals surface area contributed by atoms with Crippen LogP contribution in [0.4, 0.5) is 0 Å². The van der Waals surface area contributed by atoms with Crippen molar-refractivity contribution in [2.45, 2.75) is 25.6 Å². The van der Waals surface area contributed by atoms with E-state index in [0.717, 1.165) is 16.7 Å². The largest absolute Gasteiger partial charge is 0.391 e. The maximum absolute atomic E-state index is 11.5. The highest BCUT2D eigenvalue weighted by atomic mass is 16.5. The van der Waals surface area contributed by atoms with Crippen LogP contribution in [0.2, 0.25) is 0 Å². The van der Waals surface area contributed by atoms with Crippen molar-refractivity contribution in [2.75, 3.05) is 0 Å². The Hall–Kier alpha value is -2.21. The van der Waals surface area contributed by atoms with Gasteiger partial charge in [0.25, 0.3) is 5.91 Å². The lowest BCUT2D eigenvalue weighted by Crippen LogP contribution is -2.49. The number of rotatable bonds is 6. The molecule has 4 N–H and O–H groups in total. The zero-order valence-corrected chi connectivity index (χ0v) is 12.4. The standard InChI is InChI=1S/C17H20N2O3/c1-12(20)16(17(21)19-22)18-11-14-9-5-6-10-15(14)13-7-3-2-4-8-13/h2-10,12,16,18,20,22H,11H2,1H3,(H,19,21)/t12-,16+/m1/s1. The van der Waals surface area contributed by atoms with E-state index >= 15 is 0 Å². The van der Waals surface area contributed by atoms with Crippen LogP contribution in [0.5, 0.6) is 0 Å². The Bertz CT molecular complexity index is 614. The van der Waals surface area contributed by atoms with Crippen molar-refractivity contribution in [1.82, 2.24) is 10.8 Å². The number of hydrogen-bond acceptors (Lipinski definition) is 4. The van der Waals surface area contributed by atoms with Gasteiger partial charge in [0.2, 0.25) is 0 Å². The van der Waals surface area contributed by atoms with E-state index in [1.54, 1.807) is 5.48 Å². The molecule has 0 bridgehead atoms. The zero-order chi connectivity index (χ0) is 15.9. The predicted octanol–water partition coefficient (Wildman–Crippen LogP) is 1.70. The Morgan fingerprint density at radius 2 is 1.73 bits per heavy atom. The smallest absolute Gasteiger partial charge is 0.263 e. The molecule has 5 heteroatoms. The van der Waals surface area contributed by atoms with Crippen molar-refractivity contribution < 1.29 is 15.1 Å². The molecule has 0 heterocycles. The highest BCUT2D eigenvalue weighted by Crippen LogP contribution is 2.23. The topological polar surface area (TPSA) is 81.6 Å². The van der Waals surface area contributed by atoms with Crippen molar-refractivity contribution in [3.8, 4) is 11.1 Å². The minimum Gasteiger partial charge on any atom is -0.391 e. The summed E-state index contributed by atoms with van der Waals surface area (Å²) in [7, 11) is 0. The Morgan fingerprint density at radius 1 is 1.09 bits per heavy atom. The van der Waals surface area contributed by atoms with Crippen molar-refractivity contribution in [2.24, 2.45) is 0 Å². The third-order valence-electron chi connectivity index (χ3n) is 3.49. The minimum absolute atomic E-state index is 0.397. The molecule has 0 spiro atoms. The fourth-order valence-corrected chi connectivity index (χ4v) is 2.35. The van der Waals surface area contributed by atoms with E-state index in [-0.39, 0.29) is 0 Å². The molecule has 22 heavy (non-hydrogen) atoms. The molecule has 0 saturated heterocycles. The maximum atomic E-state index is 11.5. The van der Waals surface area contributed by atoms with E-state index in [1.807, 2.05) is 54.6 Å². The summed E-state index contributed by atoms with van der Waals surface area (Å²) in [6.07, 6.45) is -0.920. The Kier molecular flexibility index (Phi) is 5.66. The highest BCUT2D eigenvalue weighted by Gasteiger charge is 2.22. The van der Waals surface area contributed by atoms with E-state index in [9.17, 15) is 9.90 Å². The minimum atomic E-state index is -0.920. The summed E-state index contributed by atoms with van der Waals surface area (Å²) >= 11 is 0. The van der Waals surface area contributed by atoms with Crippen LogP contribution >= 0.6 is 0 Å². The van der Waals surface area contributed by atoms with Crippen LogP contribution < -0.4 is 10.8 Å². The maximum Gasteiger partial charge on any atom is 0.263 e. The van der Waals surface area contributed by atoms with Crippen LogP contribution in [-0.2, 0) is 11.3 Å². The number of aliphatic hydroxyl groups is 1. The van der Waals surface area contributed by atoms with Gasteiger partial charge in [-0.15, -0.1) is 0 Å². The van der Waals surface area contributed by atoms with E-state index in [2.05, 4.69) is 5.32 Å². The van der Waals surface area contributed by atoms with Crippen LogP contribution in [-0.4, -0.2) is 28.4 Å². The summed E-state index contributed by atoms with van der Waals surface area (Å²) < 4.78 is 0. The second-order valence-corrected chi connectivity index (χ2v) is 5.10. The molecule has 0 aliphatic carbocycles. The van der Waals surface area contributed by atoms with Gasteiger partial charge in [-0.25, -0.2) is 5.48 Å². The molecule has 0 fully saturated rings. The summed E-state index contributed by atoms with van der Waals surface area (Å²) in [4.78, 5) is 11.5. The molecule has 5 nitrogen and oxygen atoms in total. The summed E-state index contributed by atoms with van der Waals surface area (Å²) in [5.41, 5.74) is 4.72. The van der Waals surface area contributed by atoms with Crippen molar-refractivity contribution in [3.63, 3.8) is 0 Å². The van der Waals surface area contributed by atoms with Crippen molar-refractivity contribution in [3.05, 3.63) is 60.2 Å². The van der Waals surface area contributed by atoms with Crippen LogP contribution in [0, 0.1) is 0 Å². The van der Waals surface area contributed by atoms with Gasteiger partial charge in [0.15, 0.2) is 0 Å². The van der Waals surface area contributed by atoms with Gasteiger partial charge in [0, 0.05) is 6.54 Å². The average Bonchev–Trinajstić information content (AvgIpc) is 2.55. The molecule has 2 aromatic rings. The van der Waals surface area contributed by atoms with Gasteiger partial charge in [-0.05, 0) is 23.6 Å². The van der Waals surface area contributed by atoms with Gasteiger partial charge in [-0.2, -0.15) is 0 Å². The molecule has 0 aromatic heterocycles. The third kappa shape index (κ3) is 3.92. The van der Waals surface area contributed by atoms with Crippen LogP contribution in [0.15, 0.2) is 54.6 Å². The monoisotopic (exact) mass is 300 g/mol. The van der Waals surface area contributed by atoms with Gasteiger partial charge in [0.05, 0.1) is 6.10 Å². The fraction of sp³-hybridized carbons (Fsp3) is 0.235. The summed E-state index contributed by atoms with van der Waals surface area (Å²) in [6, 6.07) is 16.9. The van der Waals surface area contributed by atoms with Gasteiger partial charge < -0.3 is 5.11 Å². The molecular weight excluding hydrogens is 280 g/mol. The molecular formula is C17H20N2O3. The molecule has 0 radical (unpaired) electrons. The number of carbonyl (C=O) groups is 1. The number of hydrogen-bond donors (Lipinski definition) is 4. The lowest BCUT2D eigenvalue weighted by atomic mass is 9.99. The first-order valence-electron chi connectivity index (χ1n) is 7.12. The first-order chi connectivity index (χ1) is 10.6. The van der Waals surface area contributed by atoms with Crippen LogP contribution in [0.1, 0.15) is 12.5 Å². The summed E-state index contributed by atoms with van der Waals surface area (Å²) in [5.74, 6) is -0.660. The van der Waals surface area contributed by atoms with Crippen LogP contribution in [0.25, 0.3) is 11.1 Å². The number of amides is 1. The van der Waals surface area contributed by atoms with E-state index in [1.165, 1.54) is 6.92 Å². The van der Waals surface area contributed by atoms with Gasteiger partial charge in [-0.3, -0.25) is 15.3 Å². The van der Waals surface area contributed by atoms with E-state index < -0.39 is 18.1 Å². The summed E-state index contributed by atoms with van der Waals surface area (Å²) in [6.45, 7) is 1.89. The second-order valence-electron chi connectivity index (χ2n) is 5.10. The SMILES string of the molecule is C[C@@H](O)[C@H](NCc1ccccc1-c1ccccc1)C(=O)NO. The fourth-order valence-electron chi connectivity index (χ4n) is 2.35. The highest BCUT2D eigenvalue weighted by molar-refractivity contribution is 5.81. The number of hydroxylamine groups is 1. The zero-order valence-electron chi connectivity index (χ0n) is 12.4. The molecule has 0 aliphatic heterocycles. The number of aliphatic hydroxyl groups excluding tert-OH is 1. The van der Waals surface area contributed by atoms with Gasteiger partial charge in [-0.1, -0.05) is 54.6 Å². The molecule has 0 aliphatic rings. The number of benzene rings is 2. The molecule has 2 aromatic carbocycles. The van der Waals surface area contributed by atoms with Gasteiger partial charge in [0.1, 0.15) is 6.04 Å². The first-order valence-corrected chi connectivity index (χ1v) is 7.12. The quantitative estimate of drug-likeness (QED) is 0.483. The molecule has 116 valence electrons. The van der Waals surface area contributed by atoms with E-state index in [4.69, 9.17) is 5.21 Å². The number of carbonyl (C=O) groups excluding carboxylic acids is 1. The lowest BCUT2D eigenvalue weighted by molar-refractivity contribution is -0.133. The molecule has 2 rings (SSSR count). The molecule has 0 unspecified atom stereocenters. The molecule has 2 atom stereocenters. The second kappa shape index (κ2) is 7.70. The normalized spacial score (nSPS) is 13.4. The van der Waals surface area contributed by atoms with E-state index in [0.29, 0.717) is 6.54 Å². The van der Waals surface area contributed by atoms with Crippen molar-refractivity contribution in [1.29, 1.82) is 0 Å². The van der Waals surface area contributed by atoms with Crippen molar-refractivity contribution >= 4 is 5.91 Å². The Morgan fingerprint density at radius 3 is 2.36 bits per heavy atom. The predicted molar refractivity (Wildman–Crippen MR) is 84.1 cm³/mol. The van der Waals surface area contributed by atoms with Crippen LogP contribution in [0.3, 0.4) is 0 Å². The van der Waals surface area contributed by atoms with Gasteiger partial charge >= 0.3 is 0 Å². The number of nitrogens with one attached hydrogen (secondary N) is 2. The lowest BCUT2D eigenvalue weighted by Gasteiger charge is -2.20. The third-order valence-corrected chi connectivity index (χ3v) is 3.49. The first kappa shape index (κ1) is 16.2. The molecule has 1 amide bonds. The molecule has 0 saturated carbocycles. The Balaban J connectivity index is 2.18. The summed E-state index contributed by atoms with van der Waals surface area (Å²) in [5, 5.41) is 21.4. The Labute approximate surface area is 129 Å². The average molecular weight is 300 g/mol.